The molecule has 1 heterocycles. The van der Waals surface area contributed by atoms with Crippen LogP contribution < -0.4 is 5.32 Å². The number of Topliss-reactive ketones (excluding diaryl/α,β-unsaturated/α-hetero) is 1. The van der Waals surface area contributed by atoms with Crippen molar-refractivity contribution < 1.29 is 19.1 Å². The highest BCUT2D eigenvalue weighted by Gasteiger charge is 2.53. The third-order valence-electron chi connectivity index (χ3n) is 3.60. The van der Waals surface area contributed by atoms with Gasteiger partial charge >= 0.3 is 5.97 Å². The van der Waals surface area contributed by atoms with Crippen LogP contribution in [0.5, 0.6) is 0 Å². The van der Waals surface area contributed by atoms with Crippen LogP contribution in [0.2, 0.25) is 0 Å². The molecule has 1 amide bonds. The maximum Gasteiger partial charge on any atom is 0.316 e. The van der Waals surface area contributed by atoms with Crippen LogP contribution in [0, 0.1) is 0 Å². The van der Waals surface area contributed by atoms with Crippen molar-refractivity contribution >= 4 is 23.3 Å². The largest absolute Gasteiger partial charge is 0.468 e. The van der Waals surface area contributed by atoms with E-state index in [1.165, 1.54) is 7.11 Å². The summed E-state index contributed by atoms with van der Waals surface area (Å²) in [7, 11) is 1.35. The molecule has 1 aromatic rings. The van der Waals surface area contributed by atoms with Crippen molar-refractivity contribution in [1.82, 2.24) is 0 Å². The lowest BCUT2D eigenvalue weighted by molar-refractivity contribution is -0.143. The highest BCUT2D eigenvalue weighted by molar-refractivity contribution is 6.51. The van der Waals surface area contributed by atoms with E-state index >= 15 is 0 Å². The second-order valence-corrected chi connectivity index (χ2v) is 4.62. The van der Waals surface area contributed by atoms with E-state index in [-0.39, 0.29) is 5.97 Å². The number of ether oxygens (including phenoxy) is 1. The highest BCUT2D eigenvalue weighted by atomic mass is 16.5. The second kappa shape index (κ2) is 3.41. The molecule has 1 N–H and O–H groups in total. The molecule has 0 saturated heterocycles. The molecule has 1 aromatic carbocycles. The normalized spacial score (nSPS) is 19.2. The lowest BCUT2D eigenvalue weighted by Gasteiger charge is -2.13. The SMILES string of the molecule is COC(=O)C1(c2ccc3c(c2)C(=O)C(=O)N3)CC1. The number of fused-ring (bicyclic) bond motifs is 1. The summed E-state index contributed by atoms with van der Waals surface area (Å²) in [5.74, 6) is -1.45. The third kappa shape index (κ3) is 1.30. The molecule has 1 aliphatic carbocycles. The van der Waals surface area contributed by atoms with Crippen LogP contribution >= 0.6 is 0 Å². The minimum atomic E-state index is -0.620. The van der Waals surface area contributed by atoms with Crippen LogP contribution in [-0.2, 0) is 19.7 Å². The first-order chi connectivity index (χ1) is 8.58. The van der Waals surface area contributed by atoms with Crippen LogP contribution in [0.15, 0.2) is 18.2 Å². The van der Waals surface area contributed by atoms with Crippen LogP contribution in [0.4, 0.5) is 5.69 Å². The van der Waals surface area contributed by atoms with E-state index in [2.05, 4.69) is 5.32 Å². The quantitative estimate of drug-likeness (QED) is 0.623. The number of anilines is 1. The molecule has 1 fully saturated rings. The summed E-state index contributed by atoms with van der Waals surface area (Å²) in [6.45, 7) is 0. The van der Waals surface area contributed by atoms with Crippen molar-refractivity contribution in [3.05, 3.63) is 29.3 Å². The molecule has 1 saturated carbocycles. The standard InChI is InChI=1S/C13H11NO4/c1-18-12(17)13(4-5-13)7-2-3-9-8(6-7)10(15)11(16)14-9/h2-3,6H,4-5H2,1H3,(H,14,15,16). The van der Waals surface area contributed by atoms with Crippen molar-refractivity contribution in [2.75, 3.05) is 12.4 Å². The number of benzene rings is 1. The van der Waals surface area contributed by atoms with Gasteiger partial charge in [-0.3, -0.25) is 14.4 Å². The molecule has 5 nitrogen and oxygen atoms in total. The minimum Gasteiger partial charge on any atom is -0.468 e. The Morgan fingerprint density at radius 1 is 1.33 bits per heavy atom. The Morgan fingerprint density at radius 3 is 2.67 bits per heavy atom. The van der Waals surface area contributed by atoms with Gasteiger partial charge in [-0.25, -0.2) is 0 Å². The average Bonchev–Trinajstić information content (AvgIpc) is 3.14. The number of ketones is 1. The van der Waals surface area contributed by atoms with E-state index in [0.717, 1.165) is 5.56 Å². The zero-order chi connectivity index (χ0) is 12.9. The number of carbonyl (C=O) groups excluding carboxylic acids is 3. The lowest BCUT2D eigenvalue weighted by Crippen LogP contribution is -2.22. The van der Waals surface area contributed by atoms with Gasteiger partial charge in [0.1, 0.15) is 0 Å². The van der Waals surface area contributed by atoms with Crippen molar-refractivity contribution in [3.63, 3.8) is 0 Å². The Balaban J connectivity index is 2.05. The predicted octanol–water partition coefficient (Wildman–Crippen LogP) is 1.03. The van der Waals surface area contributed by atoms with E-state index in [1.54, 1.807) is 18.2 Å². The summed E-state index contributed by atoms with van der Waals surface area (Å²) >= 11 is 0. The Morgan fingerprint density at radius 2 is 2.06 bits per heavy atom. The van der Waals surface area contributed by atoms with E-state index in [0.29, 0.717) is 24.1 Å². The fourth-order valence-electron chi connectivity index (χ4n) is 2.37. The van der Waals surface area contributed by atoms with Crippen molar-refractivity contribution in [3.8, 4) is 0 Å². The lowest BCUT2D eigenvalue weighted by atomic mass is 9.93. The summed E-state index contributed by atoms with van der Waals surface area (Å²) in [4.78, 5) is 34.6. The summed E-state index contributed by atoms with van der Waals surface area (Å²) in [5, 5.41) is 2.48. The third-order valence-corrected chi connectivity index (χ3v) is 3.60. The maximum atomic E-state index is 11.8. The molecule has 0 spiro atoms. The van der Waals surface area contributed by atoms with Crippen molar-refractivity contribution in [2.45, 2.75) is 18.3 Å². The van der Waals surface area contributed by atoms with Crippen molar-refractivity contribution in [1.29, 1.82) is 0 Å². The summed E-state index contributed by atoms with van der Waals surface area (Å²) in [6.07, 6.45) is 1.43. The molecule has 0 radical (unpaired) electrons. The highest BCUT2D eigenvalue weighted by Crippen LogP contribution is 2.50. The first-order valence-electron chi connectivity index (χ1n) is 5.67. The summed E-state index contributed by atoms with van der Waals surface area (Å²) in [6, 6.07) is 5.05. The number of amides is 1. The molecule has 0 aromatic heterocycles. The molecule has 0 bridgehead atoms. The Kier molecular flexibility index (Phi) is 2.08. The van der Waals surface area contributed by atoms with Gasteiger partial charge in [-0.2, -0.15) is 0 Å². The maximum absolute atomic E-state index is 11.8. The fraction of sp³-hybridized carbons (Fsp3) is 0.308. The van der Waals surface area contributed by atoms with Gasteiger partial charge in [0.05, 0.1) is 23.8 Å². The monoisotopic (exact) mass is 245 g/mol. The van der Waals surface area contributed by atoms with E-state index < -0.39 is 17.1 Å². The number of methoxy groups -OCH3 is 1. The van der Waals surface area contributed by atoms with Crippen molar-refractivity contribution in [2.24, 2.45) is 0 Å². The van der Waals surface area contributed by atoms with Gasteiger partial charge in [0.25, 0.3) is 11.7 Å². The van der Waals surface area contributed by atoms with Crippen LogP contribution in [-0.4, -0.2) is 24.8 Å². The van der Waals surface area contributed by atoms with Gasteiger partial charge in [-0.1, -0.05) is 6.07 Å². The molecule has 92 valence electrons. The zero-order valence-electron chi connectivity index (χ0n) is 9.78. The van der Waals surface area contributed by atoms with Gasteiger partial charge in [-0.15, -0.1) is 0 Å². The Bertz CT molecular complexity index is 587. The molecular weight excluding hydrogens is 234 g/mol. The number of hydrogen-bond acceptors (Lipinski definition) is 4. The van der Waals surface area contributed by atoms with Gasteiger partial charge in [0, 0.05) is 0 Å². The molecule has 2 aliphatic rings. The topological polar surface area (TPSA) is 72.5 Å². The van der Waals surface area contributed by atoms with E-state index in [4.69, 9.17) is 4.74 Å². The number of hydrogen-bond donors (Lipinski definition) is 1. The van der Waals surface area contributed by atoms with Crippen LogP contribution in [0.1, 0.15) is 28.8 Å². The molecule has 0 atom stereocenters. The summed E-state index contributed by atoms with van der Waals surface area (Å²) in [5.41, 5.74) is 0.982. The van der Waals surface area contributed by atoms with E-state index in [9.17, 15) is 14.4 Å². The first-order valence-corrected chi connectivity index (χ1v) is 5.67. The number of rotatable bonds is 2. The van der Waals surface area contributed by atoms with Gasteiger partial charge in [0.15, 0.2) is 0 Å². The molecule has 5 heteroatoms. The second-order valence-electron chi connectivity index (χ2n) is 4.62. The molecular formula is C13H11NO4. The predicted molar refractivity (Wildman–Crippen MR) is 62.3 cm³/mol. The Labute approximate surface area is 103 Å². The molecule has 1 aliphatic heterocycles. The van der Waals surface area contributed by atoms with Gasteiger partial charge < -0.3 is 10.1 Å². The average molecular weight is 245 g/mol. The van der Waals surface area contributed by atoms with Crippen LogP contribution in [0.3, 0.4) is 0 Å². The molecule has 18 heavy (non-hydrogen) atoms. The smallest absolute Gasteiger partial charge is 0.316 e. The number of esters is 1. The van der Waals surface area contributed by atoms with Gasteiger partial charge in [-0.05, 0) is 30.5 Å². The molecule has 0 unspecified atom stereocenters. The number of nitrogens with one attached hydrogen (secondary N) is 1. The minimum absolute atomic E-state index is 0.285. The van der Waals surface area contributed by atoms with Crippen LogP contribution in [0.25, 0.3) is 0 Å². The molecule has 3 rings (SSSR count). The first kappa shape index (κ1) is 11.0. The Hall–Kier alpha value is -2.17. The summed E-state index contributed by atoms with van der Waals surface area (Å²) < 4.78 is 4.79. The van der Waals surface area contributed by atoms with Gasteiger partial charge in [0.2, 0.25) is 0 Å². The zero-order valence-corrected chi connectivity index (χ0v) is 9.78. The fourth-order valence-corrected chi connectivity index (χ4v) is 2.37. The van der Waals surface area contributed by atoms with E-state index in [1.807, 2.05) is 0 Å². The number of carbonyl (C=O) groups is 3.